The van der Waals surface area contributed by atoms with Gasteiger partial charge in [0.25, 0.3) is 5.91 Å². The standard InChI is InChI=1S/C29H27NO5/c1-18(2)25(24-12-10-20-9-6-14-34-26(20)24)29(33,16-19-7-4-3-5-8-19)28(32)30-22-11-13-23-21(15-22)17-35-27(23)31/h3-15,18,25,33H,16-17H2,1-2H3,(H,30,32). The van der Waals surface area contributed by atoms with E-state index in [1.165, 1.54) is 0 Å². The molecule has 2 N–H and O–H groups in total. The van der Waals surface area contributed by atoms with Gasteiger partial charge >= 0.3 is 5.97 Å². The van der Waals surface area contributed by atoms with E-state index in [-0.39, 0.29) is 24.9 Å². The Morgan fingerprint density at radius 2 is 1.86 bits per heavy atom. The van der Waals surface area contributed by atoms with Gasteiger partial charge in [-0.25, -0.2) is 4.79 Å². The van der Waals surface area contributed by atoms with Crippen LogP contribution in [0.2, 0.25) is 0 Å². The summed E-state index contributed by atoms with van der Waals surface area (Å²) in [4.78, 5) is 25.7. The van der Waals surface area contributed by atoms with E-state index in [1.54, 1.807) is 24.5 Å². The van der Waals surface area contributed by atoms with Crippen molar-refractivity contribution in [2.75, 3.05) is 5.32 Å². The highest BCUT2D eigenvalue weighted by Gasteiger charge is 2.48. The van der Waals surface area contributed by atoms with Gasteiger partial charge in [-0.05, 0) is 41.8 Å². The van der Waals surface area contributed by atoms with Crippen molar-refractivity contribution < 1.29 is 23.8 Å². The summed E-state index contributed by atoms with van der Waals surface area (Å²) in [6, 6.07) is 22.2. The Morgan fingerprint density at radius 3 is 2.63 bits per heavy atom. The highest BCUT2D eigenvalue weighted by atomic mass is 16.5. The van der Waals surface area contributed by atoms with Crippen molar-refractivity contribution in [1.29, 1.82) is 0 Å². The highest BCUT2D eigenvalue weighted by Crippen LogP contribution is 2.44. The highest BCUT2D eigenvalue weighted by molar-refractivity contribution is 6.00. The molecule has 2 aromatic carbocycles. The summed E-state index contributed by atoms with van der Waals surface area (Å²) < 4.78 is 10.9. The summed E-state index contributed by atoms with van der Waals surface area (Å²) in [5, 5.41) is 15.2. The zero-order valence-electron chi connectivity index (χ0n) is 19.7. The van der Waals surface area contributed by atoms with E-state index in [0.29, 0.717) is 22.6 Å². The fourth-order valence-electron chi connectivity index (χ4n) is 5.12. The molecule has 0 saturated carbocycles. The number of amides is 1. The molecule has 2 heterocycles. The van der Waals surface area contributed by atoms with Crippen molar-refractivity contribution in [3.8, 4) is 11.3 Å². The first-order valence-corrected chi connectivity index (χ1v) is 11.7. The predicted molar refractivity (Wildman–Crippen MR) is 132 cm³/mol. The van der Waals surface area contributed by atoms with Gasteiger partial charge < -0.3 is 19.6 Å². The molecule has 0 saturated heterocycles. The van der Waals surface area contributed by atoms with E-state index < -0.39 is 17.4 Å². The summed E-state index contributed by atoms with van der Waals surface area (Å²) in [6.07, 6.45) is 1.72. The van der Waals surface area contributed by atoms with E-state index in [1.807, 2.05) is 68.4 Å². The molecule has 5 rings (SSSR count). The van der Waals surface area contributed by atoms with Crippen LogP contribution in [0, 0.1) is 5.92 Å². The zero-order chi connectivity index (χ0) is 24.6. The molecule has 2 aromatic rings. The number of cyclic esters (lactones) is 1. The number of carbonyl (C=O) groups is 2. The van der Waals surface area contributed by atoms with Gasteiger partial charge in [0.1, 0.15) is 12.4 Å². The SMILES string of the molecule is CC(C)C(c1ccc2cccoc1-2)C(O)(Cc1ccccc1)C(=O)Nc1ccc2c(c1)COC2=O. The minimum Gasteiger partial charge on any atom is -0.464 e. The molecule has 1 amide bonds. The molecule has 0 fully saturated rings. The Hall–Kier alpha value is -3.90. The summed E-state index contributed by atoms with van der Waals surface area (Å²) in [7, 11) is 0. The quantitative estimate of drug-likeness (QED) is 0.354. The van der Waals surface area contributed by atoms with Gasteiger partial charge in [-0.3, -0.25) is 4.79 Å². The molecular formula is C29H27NO5. The van der Waals surface area contributed by atoms with Gasteiger partial charge in [0.05, 0.1) is 11.8 Å². The number of benzene rings is 2. The number of hydrogen-bond donors (Lipinski definition) is 2. The number of ether oxygens (including phenoxy) is 1. The van der Waals surface area contributed by atoms with Crippen LogP contribution in [0.3, 0.4) is 0 Å². The molecule has 2 unspecified atom stereocenters. The van der Waals surface area contributed by atoms with Crippen molar-refractivity contribution in [2.24, 2.45) is 5.92 Å². The zero-order valence-corrected chi connectivity index (χ0v) is 19.7. The molecule has 6 heteroatoms. The summed E-state index contributed by atoms with van der Waals surface area (Å²) >= 11 is 0. The smallest absolute Gasteiger partial charge is 0.338 e. The molecule has 6 nitrogen and oxygen atoms in total. The molecule has 0 radical (unpaired) electrons. The van der Waals surface area contributed by atoms with Crippen molar-refractivity contribution in [1.82, 2.24) is 0 Å². The normalized spacial score (nSPS) is 15.5. The second kappa shape index (κ2) is 9.04. The molecule has 3 aliphatic rings. The Balaban J connectivity index is 1.56. The monoisotopic (exact) mass is 469 g/mol. The number of nitrogens with one attached hydrogen (secondary N) is 1. The Morgan fingerprint density at radius 1 is 1.06 bits per heavy atom. The number of rotatable bonds is 7. The first-order valence-electron chi connectivity index (χ1n) is 11.7. The van der Waals surface area contributed by atoms with Gasteiger partial charge in [-0.15, -0.1) is 0 Å². The maximum atomic E-state index is 13.9. The second-order valence-corrected chi connectivity index (χ2v) is 9.40. The van der Waals surface area contributed by atoms with E-state index >= 15 is 0 Å². The third-order valence-corrected chi connectivity index (χ3v) is 6.67. The molecule has 35 heavy (non-hydrogen) atoms. The van der Waals surface area contributed by atoms with Crippen LogP contribution >= 0.6 is 0 Å². The number of aliphatic hydroxyl groups is 1. The average Bonchev–Trinajstić information content (AvgIpc) is 3.43. The molecule has 178 valence electrons. The van der Waals surface area contributed by atoms with E-state index in [9.17, 15) is 14.7 Å². The molecule has 2 atom stereocenters. The van der Waals surface area contributed by atoms with E-state index in [0.717, 1.165) is 16.7 Å². The van der Waals surface area contributed by atoms with Crippen LogP contribution in [0.4, 0.5) is 5.69 Å². The third kappa shape index (κ3) is 4.21. The number of fused-ring (bicyclic) bond motifs is 2. The van der Waals surface area contributed by atoms with Gasteiger partial charge in [-0.1, -0.05) is 56.3 Å². The molecule has 0 bridgehead atoms. The minimum absolute atomic E-state index is 0.0819. The van der Waals surface area contributed by atoms with Crippen LogP contribution in [0.1, 0.15) is 46.8 Å². The first kappa shape index (κ1) is 22.9. The Kier molecular flexibility index (Phi) is 5.91. The van der Waals surface area contributed by atoms with Gasteiger partial charge in [0.2, 0.25) is 0 Å². The van der Waals surface area contributed by atoms with E-state index in [4.69, 9.17) is 9.15 Å². The number of anilines is 1. The predicted octanol–water partition coefficient (Wildman–Crippen LogP) is 5.41. The number of hydrogen-bond acceptors (Lipinski definition) is 5. The average molecular weight is 470 g/mol. The number of carbonyl (C=O) groups excluding carboxylic acids is 2. The second-order valence-electron chi connectivity index (χ2n) is 9.40. The maximum absolute atomic E-state index is 13.9. The van der Waals surface area contributed by atoms with E-state index in [2.05, 4.69) is 5.32 Å². The molecule has 2 aliphatic heterocycles. The summed E-state index contributed by atoms with van der Waals surface area (Å²) in [6.45, 7) is 4.16. The van der Waals surface area contributed by atoms with Gasteiger partial charge in [0, 0.05) is 34.7 Å². The lowest BCUT2D eigenvalue weighted by Gasteiger charge is -2.38. The molecule has 0 spiro atoms. The molecule has 1 aliphatic carbocycles. The third-order valence-electron chi connectivity index (χ3n) is 6.67. The lowest BCUT2D eigenvalue weighted by atomic mass is 9.71. The van der Waals surface area contributed by atoms with Crippen LogP contribution < -0.4 is 5.32 Å². The topological polar surface area (TPSA) is 88.8 Å². The van der Waals surface area contributed by atoms with Crippen molar-refractivity contribution in [2.45, 2.75) is 38.4 Å². The lowest BCUT2D eigenvalue weighted by Crippen LogP contribution is -2.51. The van der Waals surface area contributed by atoms with Crippen LogP contribution in [0.5, 0.6) is 0 Å². The maximum Gasteiger partial charge on any atom is 0.338 e. The fourth-order valence-corrected chi connectivity index (χ4v) is 5.12. The van der Waals surface area contributed by atoms with Crippen molar-refractivity contribution in [3.05, 3.63) is 101 Å². The summed E-state index contributed by atoms with van der Waals surface area (Å²) in [5.41, 5.74) is 2.46. The minimum atomic E-state index is -1.78. The van der Waals surface area contributed by atoms with Gasteiger partial charge in [-0.2, -0.15) is 0 Å². The van der Waals surface area contributed by atoms with Crippen LogP contribution in [-0.2, 0) is 22.6 Å². The fraction of sp³-hybridized carbons (Fsp3) is 0.241. The molecule has 0 aromatic heterocycles. The molecular weight excluding hydrogens is 442 g/mol. The van der Waals surface area contributed by atoms with Crippen molar-refractivity contribution in [3.63, 3.8) is 0 Å². The number of esters is 1. The largest absolute Gasteiger partial charge is 0.464 e. The summed E-state index contributed by atoms with van der Waals surface area (Å²) in [5.74, 6) is -0.855. The lowest BCUT2D eigenvalue weighted by molar-refractivity contribution is -0.138. The van der Waals surface area contributed by atoms with Crippen LogP contribution in [0.25, 0.3) is 11.3 Å². The first-order chi connectivity index (χ1) is 16.9. The van der Waals surface area contributed by atoms with Crippen LogP contribution in [0.15, 0.2) is 83.5 Å². The van der Waals surface area contributed by atoms with Crippen molar-refractivity contribution >= 4 is 17.6 Å². The van der Waals surface area contributed by atoms with Gasteiger partial charge in [0.15, 0.2) is 5.60 Å². The van der Waals surface area contributed by atoms with Crippen LogP contribution in [-0.4, -0.2) is 22.6 Å². The Bertz CT molecular complexity index is 1340. The Labute approximate surface area is 203 Å².